The van der Waals surface area contributed by atoms with E-state index in [1.807, 2.05) is 30.3 Å². The van der Waals surface area contributed by atoms with E-state index in [2.05, 4.69) is 20.2 Å². The van der Waals surface area contributed by atoms with Gasteiger partial charge in [0.25, 0.3) is 11.7 Å². The summed E-state index contributed by atoms with van der Waals surface area (Å²) in [7, 11) is 0. The summed E-state index contributed by atoms with van der Waals surface area (Å²) in [4.78, 5) is 28.2. The molecule has 2 aromatic heterocycles. The normalized spacial score (nSPS) is 21.5. The van der Waals surface area contributed by atoms with Crippen LogP contribution in [0.3, 0.4) is 0 Å². The molecule has 1 amide bonds. The molecule has 2 aliphatic rings. The zero-order valence-corrected chi connectivity index (χ0v) is 16.9. The molecule has 0 aliphatic carbocycles. The Morgan fingerprint density at radius 2 is 2.00 bits per heavy atom. The molecule has 0 saturated carbocycles. The van der Waals surface area contributed by atoms with Crippen molar-refractivity contribution in [3.05, 3.63) is 59.7 Å². The Kier molecular flexibility index (Phi) is 5.03. The third kappa shape index (κ3) is 3.78. The van der Waals surface area contributed by atoms with Crippen molar-refractivity contribution in [2.45, 2.75) is 37.5 Å². The second-order valence-corrected chi connectivity index (χ2v) is 7.86. The van der Waals surface area contributed by atoms with E-state index >= 15 is 0 Å². The van der Waals surface area contributed by atoms with Crippen LogP contribution >= 0.6 is 0 Å². The second-order valence-electron chi connectivity index (χ2n) is 7.86. The Balaban J connectivity index is 1.33. The van der Waals surface area contributed by atoms with Crippen LogP contribution in [-0.2, 0) is 15.8 Å². The molecule has 166 valence electrons. The quantitative estimate of drug-likeness (QED) is 0.620. The number of benzene rings is 1. The van der Waals surface area contributed by atoms with Gasteiger partial charge < -0.3 is 9.74 Å². The number of alkyl halides is 3. The standard InChI is InChI=1S/C21H19F3N6O2/c22-21(23,24)18-10-15(27-20-25-12-26-30(18)20)14-7-4-8-29(11-14)19(31)17-9-16(28-32-17)13-5-2-1-3-6-13/h1-3,5-6,10,12,14,17H,4,7-9,11H2/t14-,17+/m1/s1. The zero-order chi connectivity index (χ0) is 22.3. The smallest absolute Gasteiger partial charge is 0.382 e. The highest BCUT2D eigenvalue weighted by Gasteiger charge is 2.38. The van der Waals surface area contributed by atoms with Gasteiger partial charge in [0.2, 0.25) is 6.10 Å². The van der Waals surface area contributed by atoms with Crippen molar-refractivity contribution in [3.63, 3.8) is 0 Å². The number of halogens is 3. The van der Waals surface area contributed by atoms with Gasteiger partial charge in [0.1, 0.15) is 6.33 Å². The van der Waals surface area contributed by atoms with Gasteiger partial charge in [-0.3, -0.25) is 4.79 Å². The van der Waals surface area contributed by atoms with Crippen LogP contribution in [-0.4, -0.2) is 55.3 Å². The number of rotatable bonds is 3. The van der Waals surface area contributed by atoms with Gasteiger partial charge in [-0.05, 0) is 24.5 Å². The molecule has 0 N–H and O–H groups in total. The zero-order valence-electron chi connectivity index (χ0n) is 16.9. The molecule has 0 bridgehead atoms. The average molecular weight is 444 g/mol. The van der Waals surface area contributed by atoms with Crippen LogP contribution in [0.2, 0.25) is 0 Å². The maximum atomic E-state index is 13.5. The molecule has 2 atom stereocenters. The summed E-state index contributed by atoms with van der Waals surface area (Å²) in [5, 5.41) is 7.69. The molecule has 8 nitrogen and oxygen atoms in total. The van der Waals surface area contributed by atoms with Gasteiger partial charge in [-0.25, -0.2) is 4.98 Å². The lowest BCUT2D eigenvalue weighted by molar-refractivity contribution is -0.144. The summed E-state index contributed by atoms with van der Waals surface area (Å²) in [5.41, 5.74) is 0.915. The molecule has 1 saturated heterocycles. The number of oxime groups is 1. The van der Waals surface area contributed by atoms with Gasteiger partial charge in [0, 0.05) is 25.4 Å². The van der Waals surface area contributed by atoms with E-state index in [1.54, 1.807) is 4.90 Å². The fraction of sp³-hybridized carbons (Fsp3) is 0.381. The third-order valence-electron chi connectivity index (χ3n) is 5.76. The number of hydrogen-bond acceptors (Lipinski definition) is 6. The number of aromatic nitrogens is 4. The average Bonchev–Trinajstić information content (AvgIpc) is 3.48. The fourth-order valence-corrected chi connectivity index (χ4v) is 4.17. The van der Waals surface area contributed by atoms with Crippen molar-refractivity contribution in [3.8, 4) is 0 Å². The van der Waals surface area contributed by atoms with Crippen molar-refractivity contribution in [2.75, 3.05) is 13.1 Å². The lowest BCUT2D eigenvalue weighted by Gasteiger charge is -2.33. The van der Waals surface area contributed by atoms with Crippen LogP contribution in [0.25, 0.3) is 5.78 Å². The Morgan fingerprint density at radius 1 is 1.19 bits per heavy atom. The second kappa shape index (κ2) is 7.88. The van der Waals surface area contributed by atoms with E-state index in [4.69, 9.17) is 4.84 Å². The van der Waals surface area contributed by atoms with Gasteiger partial charge in [0.15, 0.2) is 5.69 Å². The number of hydrogen-bond donors (Lipinski definition) is 0. The largest absolute Gasteiger partial charge is 0.433 e. The number of carbonyl (C=O) groups excluding carboxylic acids is 1. The lowest BCUT2D eigenvalue weighted by Crippen LogP contribution is -2.44. The first-order valence-electron chi connectivity index (χ1n) is 10.2. The Labute approximate surface area is 180 Å². The summed E-state index contributed by atoms with van der Waals surface area (Å²) in [6.07, 6.45) is -2.67. The number of amides is 1. The molecule has 3 aromatic rings. The summed E-state index contributed by atoms with van der Waals surface area (Å²) >= 11 is 0. The van der Waals surface area contributed by atoms with E-state index in [-0.39, 0.29) is 29.8 Å². The topological polar surface area (TPSA) is 85.0 Å². The molecular formula is C21H19F3N6O2. The SMILES string of the molecule is O=C([C@@H]1CC(c2ccccc2)=NO1)N1CCC[C@@H](c2cc(C(F)(F)F)n3ncnc3n2)C1. The maximum Gasteiger partial charge on any atom is 0.433 e. The molecule has 0 unspecified atom stereocenters. The molecule has 1 fully saturated rings. The maximum absolute atomic E-state index is 13.5. The minimum Gasteiger partial charge on any atom is -0.382 e. The van der Waals surface area contributed by atoms with E-state index in [0.29, 0.717) is 36.0 Å². The van der Waals surface area contributed by atoms with Crippen molar-refractivity contribution in [1.29, 1.82) is 0 Å². The minimum atomic E-state index is -4.60. The predicted octanol–water partition coefficient (Wildman–Crippen LogP) is 3.04. The monoisotopic (exact) mass is 444 g/mol. The summed E-state index contributed by atoms with van der Waals surface area (Å²) in [6.45, 7) is 0.767. The van der Waals surface area contributed by atoms with Crippen molar-refractivity contribution in [1.82, 2.24) is 24.5 Å². The molecular weight excluding hydrogens is 425 g/mol. The van der Waals surface area contributed by atoms with Gasteiger partial charge in [-0.2, -0.15) is 27.8 Å². The van der Waals surface area contributed by atoms with Crippen LogP contribution in [0.4, 0.5) is 13.2 Å². The van der Waals surface area contributed by atoms with E-state index < -0.39 is 18.0 Å². The molecule has 2 aliphatic heterocycles. The van der Waals surface area contributed by atoms with E-state index in [0.717, 1.165) is 18.0 Å². The summed E-state index contributed by atoms with van der Waals surface area (Å²) in [6, 6.07) is 10.5. The Hall–Kier alpha value is -3.50. The number of piperidine rings is 1. The minimum absolute atomic E-state index is 0.113. The Morgan fingerprint density at radius 3 is 2.78 bits per heavy atom. The summed E-state index contributed by atoms with van der Waals surface area (Å²) < 4.78 is 41.2. The van der Waals surface area contributed by atoms with Gasteiger partial charge in [-0.15, -0.1) is 0 Å². The number of likely N-dealkylation sites (tertiary alicyclic amines) is 1. The molecule has 32 heavy (non-hydrogen) atoms. The number of fused-ring (bicyclic) bond motifs is 1. The fourth-order valence-electron chi connectivity index (χ4n) is 4.17. The highest BCUT2D eigenvalue weighted by Crippen LogP contribution is 2.33. The highest BCUT2D eigenvalue weighted by atomic mass is 19.4. The van der Waals surface area contributed by atoms with Crippen molar-refractivity contribution in [2.24, 2.45) is 5.16 Å². The molecule has 5 rings (SSSR count). The molecule has 0 spiro atoms. The third-order valence-corrected chi connectivity index (χ3v) is 5.76. The van der Waals surface area contributed by atoms with Gasteiger partial charge >= 0.3 is 6.18 Å². The first kappa shape index (κ1) is 20.4. The van der Waals surface area contributed by atoms with Crippen molar-refractivity contribution >= 4 is 17.4 Å². The van der Waals surface area contributed by atoms with Crippen LogP contribution in [0, 0.1) is 0 Å². The van der Waals surface area contributed by atoms with Crippen LogP contribution < -0.4 is 0 Å². The van der Waals surface area contributed by atoms with Crippen LogP contribution in [0.5, 0.6) is 0 Å². The van der Waals surface area contributed by atoms with Crippen LogP contribution in [0.15, 0.2) is 47.9 Å². The van der Waals surface area contributed by atoms with Gasteiger partial charge in [-0.1, -0.05) is 35.5 Å². The Bertz CT molecular complexity index is 1180. The number of carbonyl (C=O) groups is 1. The lowest BCUT2D eigenvalue weighted by atomic mass is 9.93. The molecule has 1 aromatic carbocycles. The van der Waals surface area contributed by atoms with E-state index in [1.165, 1.54) is 0 Å². The van der Waals surface area contributed by atoms with Crippen LogP contribution in [0.1, 0.15) is 42.1 Å². The number of nitrogens with zero attached hydrogens (tertiary/aromatic N) is 6. The molecule has 4 heterocycles. The summed E-state index contributed by atoms with van der Waals surface area (Å²) in [5.74, 6) is -0.672. The van der Waals surface area contributed by atoms with E-state index in [9.17, 15) is 18.0 Å². The van der Waals surface area contributed by atoms with Crippen molar-refractivity contribution < 1.29 is 22.8 Å². The molecule has 0 radical (unpaired) electrons. The van der Waals surface area contributed by atoms with Gasteiger partial charge in [0.05, 0.1) is 11.4 Å². The highest BCUT2D eigenvalue weighted by molar-refractivity contribution is 6.04. The first-order chi connectivity index (χ1) is 15.4. The molecule has 11 heteroatoms. The first-order valence-corrected chi connectivity index (χ1v) is 10.2. The predicted molar refractivity (Wildman–Crippen MR) is 107 cm³/mol.